The van der Waals surface area contributed by atoms with E-state index in [9.17, 15) is 0 Å². The van der Waals surface area contributed by atoms with E-state index in [2.05, 4.69) is 61.2 Å². The van der Waals surface area contributed by atoms with Crippen molar-refractivity contribution in [1.29, 1.82) is 0 Å². The molecule has 0 saturated carbocycles. The second-order valence-corrected chi connectivity index (χ2v) is 6.59. The molecule has 4 N–H and O–H groups in total. The minimum absolute atomic E-state index is 0.0833. The van der Waals surface area contributed by atoms with Crippen molar-refractivity contribution in [3.8, 4) is 0 Å². The molecule has 0 aromatic carbocycles. The van der Waals surface area contributed by atoms with Gasteiger partial charge in [-0.1, -0.05) is 8.64 Å². The van der Waals surface area contributed by atoms with Crippen LogP contribution in [-0.4, -0.2) is 8.64 Å². The van der Waals surface area contributed by atoms with Crippen molar-refractivity contribution < 1.29 is 36.6 Å². The third-order valence-electron chi connectivity index (χ3n) is 0.250. The van der Waals surface area contributed by atoms with E-state index < -0.39 is 0 Å². The van der Waals surface area contributed by atoms with Crippen molar-refractivity contribution in [3.63, 3.8) is 0 Å². The van der Waals surface area contributed by atoms with Crippen molar-refractivity contribution in [1.82, 2.24) is 0 Å². The van der Waals surface area contributed by atoms with Crippen LogP contribution in [0.4, 0.5) is 0 Å². The zero-order valence-electron chi connectivity index (χ0n) is 6.62. The number of nitrogens with two attached hydrogens (primary N) is 2. The summed E-state index contributed by atoms with van der Waals surface area (Å²) >= 11 is 19.5. The average molecular weight is 343 g/mol. The molecule has 0 aliphatic heterocycles. The van der Waals surface area contributed by atoms with Crippen molar-refractivity contribution in [3.05, 3.63) is 0 Å². The zero-order chi connectivity index (χ0) is 10.6. The molecular weight excluding hydrogens is 335 g/mol. The summed E-state index contributed by atoms with van der Waals surface area (Å²) in [5.41, 5.74) is 9.31. The Labute approximate surface area is 115 Å². The number of hydrogen-bond donors (Lipinski definition) is 2. The fourth-order valence-corrected chi connectivity index (χ4v) is 0. The van der Waals surface area contributed by atoms with E-state index in [4.69, 9.17) is 0 Å². The van der Waals surface area contributed by atoms with Gasteiger partial charge in [0.05, 0.1) is 0 Å². The Bertz CT molecular complexity index is 99.6. The first-order valence-electron chi connectivity index (χ1n) is 2.89. The van der Waals surface area contributed by atoms with Crippen LogP contribution < -0.4 is 11.5 Å². The second-order valence-electron chi connectivity index (χ2n) is 1.35. The number of hydrogen-bond acceptors (Lipinski definition) is 4. The van der Waals surface area contributed by atoms with E-state index in [1.54, 1.807) is 0 Å². The summed E-state index contributed by atoms with van der Waals surface area (Å²) in [6.07, 6.45) is 0. The van der Waals surface area contributed by atoms with Gasteiger partial charge in [0, 0.05) is 0 Å². The van der Waals surface area contributed by atoms with Gasteiger partial charge in [-0.05, 0) is 0 Å². The molecule has 0 unspecified atom stereocenters. The van der Waals surface area contributed by atoms with Gasteiger partial charge < -0.3 is 61.2 Å². The van der Waals surface area contributed by atoms with E-state index in [0.717, 1.165) is 0 Å². The predicted octanol–water partition coefficient (Wildman–Crippen LogP) is 0.470. The summed E-state index contributed by atoms with van der Waals surface area (Å²) in [5.74, 6) is 0. The summed E-state index contributed by atoms with van der Waals surface area (Å²) in [5, 5.41) is 3.00. The quantitative estimate of drug-likeness (QED) is 0.410. The average Bonchev–Trinajstić information content (AvgIpc) is 1.85. The summed E-state index contributed by atoms with van der Waals surface area (Å²) < 4.78 is 0.167. The number of thiocarbonyl (C=S) groups is 2. The molecule has 0 bridgehead atoms. The Morgan fingerprint density at radius 3 is 1.08 bits per heavy atom. The molecule has 0 fully saturated rings. The van der Waals surface area contributed by atoms with Crippen molar-refractivity contribution in [2.24, 2.45) is 11.5 Å². The fourth-order valence-electron chi connectivity index (χ4n) is 0. The van der Waals surface area contributed by atoms with Crippen LogP contribution in [0.3, 0.4) is 0 Å². The second kappa shape index (κ2) is 18.3. The summed E-state index contributed by atoms with van der Waals surface area (Å²) in [4.78, 5) is 0. The molecule has 0 aromatic rings. The van der Waals surface area contributed by atoms with Gasteiger partial charge in [0.2, 0.25) is 0 Å². The normalized spacial score (nSPS) is 6.67. The van der Waals surface area contributed by atoms with Crippen molar-refractivity contribution in [2.45, 2.75) is 10.0 Å². The Hall–Kier alpha value is 1.47. The molecule has 0 spiro atoms. The van der Waals surface area contributed by atoms with Crippen LogP contribution in [0.2, 0.25) is 10.0 Å². The van der Waals surface area contributed by atoms with Crippen LogP contribution in [0.15, 0.2) is 0 Å². The Morgan fingerprint density at radius 2 is 1.08 bits per heavy atom. The monoisotopic (exact) mass is 340 g/mol. The van der Waals surface area contributed by atoms with Crippen LogP contribution >= 0.6 is 24.4 Å². The predicted molar refractivity (Wildman–Crippen MR) is 57.9 cm³/mol. The molecule has 0 aromatic heterocycles. The van der Waals surface area contributed by atoms with Crippen LogP contribution in [-0.2, 0) is 61.9 Å². The molecule has 0 radical (unpaired) electrons. The molecule has 0 atom stereocenters. The Kier molecular flexibility index (Phi) is 29.1. The first-order valence-corrected chi connectivity index (χ1v) is 8.72. The van der Waals surface area contributed by atoms with E-state index in [-0.39, 0.29) is 8.64 Å². The van der Waals surface area contributed by atoms with Crippen LogP contribution in [0.5, 0.6) is 0 Å². The molecule has 0 saturated heterocycles. The van der Waals surface area contributed by atoms with Gasteiger partial charge in [0.15, 0.2) is 0 Å². The van der Waals surface area contributed by atoms with Gasteiger partial charge in [0.1, 0.15) is 0 Å². The van der Waals surface area contributed by atoms with Gasteiger partial charge in [0.25, 0.3) is 0 Å². The molecule has 0 rings (SSSR count). The van der Waals surface area contributed by atoms with Crippen molar-refractivity contribution >= 4 is 58.3 Å². The topological polar surface area (TPSA) is 52.0 Å². The standard InChI is InChI=1S/C2H4.2CH3NS2.2Zn/c1-2;2*2-1(3)4;;/h1-2H2;2*(H3,2,3,4);;/q;;;2*+1/p-2. The van der Waals surface area contributed by atoms with Gasteiger partial charge in [-0.15, -0.1) is 0 Å². The molecule has 0 amide bonds. The van der Waals surface area contributed by atoms with E-state index in [0.29, 0.717) is 0 Å². The molecule has 62 valence electrons. The molecular formula is C4H8N2S4Zn2. The Balaban J connectivity index is -0.000000101. The van der Waals surface area contributed by atoms with Crippen molar-refractivity contribution in [2.75, 3.05) is 0 Å². The van der Waals surface area contributed by atoms with Crippen LogP contribution in [0.25, 0.3) is 0 Å². The third kappa shape index (κ3) is 206. The van der Waals surface area contributed by atoms with E-state index in [1.165, 1.54) is 46.6 Å². The first-order chi connectivity index (χ1) is 5.38. The summed E-state index contributed by atoms with van der Waals surface area (Å²) in [6.45, 7) is 0. The van der Waals surface area contributed by atoms with E-state index >= 15 is 0 Å². The molecule has 0 aliphatic carbocycles. The van der Waals surface area contributed by atoms with Gasteiger partial charge in [-0.2, -0.15) is 0 Å². The summed E-state index contributed by atoms with van der Waals surface area (Å²) in [7, 11) is 0. The van der Waals surface area contributed by atoms with Gasteiger partial charge in [-0.25, -0.2) is 0 Å². The van der Waals surface area contributed by atoms with Crippen LogP contribution in [0, 0.1) is 0 Å². The SMILES string of the molecule is NC(=S)[S-].NC(=S)[S-].[Zn+][CH2][CH2][Zn+]. The summed E-state index contributed by atoms with van der Waals surface area (Å²) in [6, 6.07) is 0. The van der Waals surface area contributed by atoms with Crippen LogP contribution in [0.1, 0.15) is 0 Å². The third-order valence-corrected chi connectivity index (χ3v) is 6.75. The Morgan fingerprint density at radius 1 is 1.00 bits per heavy atom. The molecule has 12 heavy (non-hydrogen) atoms. The maximum absolute atomic E-state index is 4.66. The minimum atomic E-state index is 0.0833. The van der Waals surface area contributed by atoms with E-state index in [1.807, 2.05) is 0 Å². The first kappa shape index (κ1) is 19.1. The van der Waals surface area contributed by atoms with Gasteiger partial charge >= 0.3 is 46.6 Å². The molecule has 2 nitrogen and oxygen atoms in total. The van der Waals surface area contributed by atoms with Gasteiger partial charge in [-0.3, -0.25) is 0 Å². The maximum atomic E-state index is 4.66. The molecule has 0 aliphatic rings. The number of rotatable bonds is 1. The fraction of sp³-hybridized carbons (Fsp3) is 0.500. The molecule has 8 heteroatoms. The zero-order valence-corrected chi connectivity index (χ0v) is 15.8. The molecule has 0 heterocycles.